The molecule has 1 aromatic heterocycles. The lowest BCUT2D eigenvalue weighted by Crippen LogP contribution is -2.54. The van der Waals surface area contributed by atoms with Gasteiger partial charge in [-0.2, -0.15) is 22.5 Å². The molecule has 0 aromatic carbocycles. The fourth-order valence-corrected chi connectivity index (χ4v) is 3.31. The molecule has 1 saturated heterocycles. The van der Waals surface area contributed by atoms with E-state index in [9.17, 15) is 13.2 Å². The number of nitrogens with one attached hydrogen (secondary N) is 1. The SMILES string of the molecule is CCn1cc([C@@H]2C[C@@H](C(=O)O)N(C)S(=O)(=O)N2)cn1. The molecule has 0 bridgehead atoms. The van der Waals surface area contributed by atoms with Crippen molar-refractivity contribution in [2.45, 2.75) is 32.0 Å². The summed E-state index contributed by atoms with van der Waals surface area (Å²) in [5.74, 6) is -1.15. The van der Waals surface area contributed by atoms with Crippen molar-refractivity contribution in [3.8, 4) is 0 Å². The van der Waals surface area contributed by atoms with Gasteiger partial charge in [0.05, 0.1) is 12.2 Å². The Balaban J connectivity index is 2.30. The van der Waals surface area contributed by atoms with Crippen LogP contribution in [0.15, 0.2) is 12.4 Å². The number of carboxylic acids is 1. The maximum absolute atomic E-state index is 11.9. The van der Waals surface area contributed by atoms with Crippen LogP contribution in [-0.2, 0) is 21.5 Å². The zero-order chi connectivity index (χ0) is 14.2. The molecule has 2 rings (SSSR count). The van der Waals surface area contributed by atoms with E-state index in [1.165, 1.54) is 7.05 Å². The van der Waals surface area contributed by atoms with E-state index in [1.807, 2.05) is 6.92 Å². The molecule has 2 heterocycles. The molecule has 1 aliphatic heterocycles. The number of likely N-dealkylation sites (N-methyl/N-ethyl adjacent to an activating group) is 1. The van der Waals surface area contributed by atoms with Crippen molar-refractivity contribution in [2.24, 2.45) is 0 Å². The van der Waals surface area contributed by atoms with Gasteiger partial charge in [0.1, 0.15) is 6.04 Å². The molecule has 9 heteroatoms. The number of rotatable bonds is 3. The molecule has 106 valence electrons. The maximum atomic E-state index is 11.9. The average molecular weight is 288 g/mol. The van der Waals surface area contributed by atoms with E-state index in [1.54, 1.807) is 17.1 Å². The standard InChI is InChI=1S/C10H16N4O4S/c1-3-14-6-7(5-11-14)8-4-9(10(15)16)13(2)19(17,18)12-8/h5-6,8-9,12H,3-4H2,1-2H3,(H,15,16)/t8-,9-/m0/s1. The first kappa shape index (κ1) is 14.0. The van der Waals surface area contributed by atoms with Crippen LogP contribution in [0.4, 0.5) is 0 Å². The second-order valence-electron chi connectivity index (χ2n) is 4.41. The number of carbonyl (C=O) groups is 1. The quantitative estimate of drug-likeness (QED) is 0.785. The van der Waals surface area contributed by atoms with Crippen LogP contribution in [0.1, 0.15) is 24.9 Å². The van der Waals surface area contributed by atoms with Crippen LogP contribution >= 0.6 is 0 Å². The lowest BCUT2D eigenvalue weighted by atomic mass is 10.0. The van der Waals surface area contributed by atoms with E-state index in [0.29, 0.717) is 12.1 Å². The number of aryl methyl sites for hydroxylation is 1. The van der Waals surface area contributed by atoms with Gasteiger partial charge < -0.3 is 5.11 Å². The van der Waals surface area contributed by atoms with Crippen molar-refractivity contribution in [1.82, 2.24) is 18.8 Å². The zero-order valence-electron chi connectivity index (χ0n) is 10.6. The highest BCUT2D eigenvalue weighted by Gasteiger charge is 2.40. The second kappa shape index (κ2) is 4.91. The monoisotopic (exact) mass is 288 g/mol. The summed E-state index contributed by atoms with van der Waals surface area (Å²) >= 11 is 0. The molecule has 0 amide bonds. The van der Waals surface area contributed by atoms with Gasteiger partial charge in [0, 0.05) is 25.4 Å². The first-order valence-electron chi connectivity index (χ1n) is 5.85. The van der Waals surface area contributed by atoms with Gasteiger partial charge in [0.25, 0.3) is 10.2 Å². The minimum atomic E-state index is -3.78. The predicted molar refractivity (Wildman–Crippen MR) is 66.5 cm³/mol. The molecule has 0 spiro atoms. The van der Waals surface area contributed by atoms with Gasteiger partial charge in [0.2, 0.25) is 0 Å². The molecule has 0 saturated carbocycles. The molecule has 1 fully saturated rings. The number of aromatic nitrogens is 2. The van der Waals surface area contributed by atoms with Crippen LogP contribution < -0.4 is 4.72 Å². The highest BCUT2D eigenvalue weighted by molar-refractivity contribution is 7.87. The number of hydrogen-bond donors (Lipinski definition) is 2. The van der Waals surface area contributed by atoms with Crippen molar-refractivity contribution >= 4 is 16.2 Å². The molecule has 8 nitrogen and oxygen atoms in total. The lowest BCUT2D eigenvalue weighted by Gasteiger charge is -2.34. The van der Waals surface area contributed by atoms with Gasteiger partial charge in [-0.25, -0.2) is 0 Å². The van der Waals surface area contributed by atoms with Crippen molar-refractivity contribution < 1.29 is 18.3 Å². The van der Waals surface area contributed by atoms with Crippen molar-refractivity contribution in [3.63, 3.8) is 0 Å². The summed E-state index contributed by atoms with van der Waals surface area (Å²) in [5, 5.41) is 13.2. The molecule has 19 heavy (non-hydrogen) atoms. The van der Waals surface area contributed by atoms with Crippen LogP contribution in [0, 0.1) is 0 Å². The van der Waals surface area contributed by atoms with E-state index in [0.717, 1.165) is 4.31 Å². The van der Waals surface area contributed by atoms with Gasteiger partial charge in [0.15, 0.2) is 0 Å². The summed E-state index contributed by atoms with van der Waals surface area (Å²) in [6, 6.07) is -1.64. The Morgan fingerprint density at radius 2 is 2.32 bits per heavy atom. The van der Waals surface area contributed by atoms with E-state index in [2.05, 4.69) is 9.82 Å². The Morgan fingerprint density at radius 1 is 1.63 bits per heavy atom. The first-order chi connectivity index (χ1) is 8.85. The third-order valence-corrected chi connectivity index (χ3v) is 4.83. The minimum absolute atomic E-state index is 0.167. The summed E-state index contributed by atoms with van der Waals surface area (Å²) in [4.78, 5) is 11.1. The average Bonchev–Trinajstić information content (AvgIpc) is 2.80. The summed E-state index contributed by atoms with van der Waals surface area (Å²) in [7, 11) is -2.53. The molecule has 2 atom stereocenters. The van der Waals surface area contributed by atoms with E-state index in [-0.39, 0.29) is 6.42 Å². The fraction of sp³-hybridized carbons (Fsp3) is 0.600. The Labute approximate surface area is 111 Å². The van der Waals surface area contributed by atoms with E-state index < -0.39 is 28.3 Å². The van der Waals surface area contributed by atoms with Gasteiger partial charge in [-0.15, -0.1) is 0 Å². The van der Waals surface area contributed by atoms with E-state index >= 15 is 0 Å². The molecular formula is C10H16N4O4S. The Hall–Kier alpha value is -1.45. The smallest absolute Gasteiger partial charge is 0.322 e. The third-order valence-electron chi connectivity index (χ3n) is 3.23. The van der Waals surface area contributed by atoms with Crippen LogP contribution in [0.2, 0.25) is 0 Å². The summed E-state index contributed by atoms with van der Waals surface area (Å²) in [6.45, 7) is 2.58. The Bertz CT molecular complexity index is 582. The third kappa shape index (κ3) is 2.62. The lowest BCUT2D eigenvalue weighted by molar-refractivity contribution is -0.141. The van der Waals surface area contributed by atoms with Crippen molar-refractivity contribution in [3.05, 3.63) is 18.0 Å². The number of nitrogens with zero attached hydrogens (tertiary/aromatic N) is 3. The van der Waals surface area contributed by atoms with Gasteiger partial charge in [-0.05, 0) is 13.3 Å². The normalized spacial score (nSPS) is 27.3. The van der Waals surface area contributed by atoms with Gasteiger partial charge >= 0.3 is 5.97 Å². The molecule has 0 radical (unpaired) electrons. The van der Waals surface area contributed by atoms with Gasteiger partial charge in [-0.1, -0.05) is 0 Å². The number of hydrogen-bond acceptors (Lipinski definition) is 4. The predicted octanol–water partition coefficient (Wildman–Crippen LogP) is -0.433. The Kier molecular flexibility index (Phi) is 3.61. The number of carboxylic acid groups (broad SMARTS) is 1. The van der Waals surface area contributed by atoms with Crippen molar-refractivity contribution in [2.75, 3.05) is 7.05 Å². The Morgan fingerprint density at radius 3 is 2.84 bits per heavy atom. The molecular weight excluding hydrogens is 272 g/mol. The summed E-state index contributed by atoms with van der Waals surface area (Å²) in [5.41, 5.74) is 0.671. The largest absolute Gasteiger partial charge is 0.480 e. The highest BCUT2D eigenvalue weighted by atomic mass is 32.2. The topological polar surface area (TPSA) is 105 Å². The molecule has 0 unspecified atom stereocenters. The van der Waals surface area contributed by atoms with E-state index in [4.69, 9.17) is 5.11 Å². The maximum Gasteiger partial charge on any atom is 0.322 e. The minimum Gasteiger partial charge on any atom is -0.480 e. The molecule has 1 aromatic rings. The van der Waals surface area contributed by atoms with Crippen LogP contribution in [-0.4, -0.2) is 46.7 Å². The van der Waals surface area contributed by atoms with Crippen LogP contribution in [0.5, 0.6) is 0 Å². The molecule has 2 N–H and O–H groups in total. The van der Waals surface area contributed by atoms with Gasteiger partial charge in [-0.3, -0.25) is 9.48 Å². The van der Waals surface area contributed by atoms with Crippen molar-refractivity contribution in [1.29, 1.82) is 0 Å². The van der Waals surface area contributed by atoms with Crippen LogP contribution in [0.25, 0.3) is 0 Å². The summed E-state index contributed by atoms with van der Waals surface area (Å²) in [6.07, 6.45) is 3.44. The first-order valence-corrected chi connectivity index (χ1v) is 7.29. The molecule has 0 aliphatic carbocycles. The van der Waals surface area contributed by atoms with Crippen LogP contribution in [0.3, 0.4) is 0 Å². The summed E-state index contributed by atoms with van der Waals surface area (Å²) < 4.78 is 28.7. The molecule has 1 aliphatic rings. The second-order valence-corrected chi connectivity index (χ2v) is 6.17. The zero-order valence-corrected chi connectivity index (χ0v) is 11.5. The fourth-order valence-electron chi connectivity index (χ4n) is 2.04. The number of aliphatic carboxylic acids is 1. The highest BCUT2D eigenvalue weighted by Crippen LogP contribution is 2.27.